The molecule has 1 N–H and O–H groups in total. The van der Waals surface area contributed by atoms with Crippen molar-refractivity contribution in [3.63, 3.8) is 0 Å². The van der Waals surface area contributed by atoms with Crippen LogP contribution in [0.4, 0.5) is 5.69 Å². The van der Waals surface area contributed by atoms with Crippen LogP contribution in [0.3, 0.4) is 0 Å². The number of aryl methyl sites for hydroxylation is 1. The van der Waals surface area contributed by atoms with Gasteiger partial charge in [-0.25, -0.2) is 0 Å². The minimum absolute atomic E-state index is 0.0527. The second kappa shape index (κ2) is 6.60. The zero-order chi connectivity index (χ0) is 13.7. The molecule has 0 atom stereocenters. The number of amides is 1. The highest BCUT2D eigenvalue weighted by atomic mass is 35.5. The smallest absolute Gasteiger partial charge is 0.224 e. The summed E-state index contributed by atoms with van der Waals surface area (Å²) in [6.07, 6.45) is 1.08. The molecule has 0 bridgehead atoms. The van der Waals surface area contributed by atoms with Crippen molar-refractivity contribution in [3.8, 4) is 0 Å². The molecule has 19 heavy (non-hydrogen) atoms. The third-order valence-electron chi connectivity index (χ3n) is 2.70. The van der Waals surface area contributed by atoms with Gasteiger partial charge in [0.2, 0.25) is 5.91 Å². The lowest BCUT2D eigenvalue weighted by molar-refractivity contribution is -0.116. The van der Waals surface area contributed by atoms with E-state index in [0.29, 0.717) is 28.6 Å². The molecular formula is C15H13Cl2NO. The Kier molecular flexibility index (Phi) is 4.83. The zero-order valence-corrected chi connectivity index (χ0v) is 11.7. The van der Waals surface area contributed by atoms with Gasteiger partial charge in [0.1, 0.15) is 0 Å². The summed E-state index contributed by atoms with van der Waals surface area (Å²) in [5, 5.41) is 4.04. The molecule has 0 aliphatic heterocycles. The van der Waals surface area contributed by atoms with Crippen molar-refractivity contribution >= 4 is 34.8 Å². The van der Waals surface area contributed by atoms with E-state index in [-0.39, 0.29) is 5.91 Å². The minimum Gasteiger partial charge on any atom is -0.325 e. The van der Waals surface area contributed by atoms with Crippen LogP contribution in [0.1, 0.15) is 12.0 Å². The van der Waals surface area contributed by atoms with Crippen molar-refractivity contribution in [3.05, 3.63) is 64.1 Å². The number of para-hydroxylation sites is 1. The van der Waals surface area contributed by atoms with Gasteiger partial charge in [-0.05, 0) is 36.2 Å². The van der Waals surface area contributed by atoms with E-state index in [9.17, 15) is 4.79 Å². The molecule has 2 aromatic rings. The summed E-state index contributed by atoms with van der Waals surface area (Å²) >= 11 is 11.8. The monoisotopic (exact) mass is 293 g/mol. The molecule has 2 rings (SSSR count). The summed E-state index contributed by atoms with van der Waals surface area (Å²) in [5.41, 5.74) is 1.73. The Balaban J connectivity index is 1.88. The number of hydrogen-bond donors (Lipinski definition) is 1. The lowest BCUT2D eigenvalue weighted by Gasteiger charge is -2.07. The Morgan fingerprint density at radius 1 is 1.00 bits per heavy atom. The number of rotatable bonds is 4. The van der Waals surface area contributed by atoms with Crippen LogP contribution < -0.4 is 5.32 Å². The van der Waals surface area contributed by atoms with E-state index < -0.39 is 0 Å². The van der Waals surface area contributed by atoms with E-state index in [4.69, 9.17) is 23.2 Å². The number of halogens is 2. The Morgan fingerprint density at radius 2 is 1.68 bits per heavy atom. The molecule has 0 aliphatic carbocycles. The molecule has 0 aliphatic rings. The van der Waals surface area contributed by atoms with Crippen molar-refractivity contribution < 1.29 is 4.79 Å². The summed E-state index contributed by atoms with van der Waals surface area (Å²) in [5.74, 6) is -0.0527. The molecular weight excluding hydrogens is 281 g/mol. The number of hydrogen-bond acceptors (Lipinski definition) is 1. The average Bonchev–Trinajstić information content (AvgIpc) is 2.41. The number of carbonyl (C=O) groups is 1. The predicted molar refractivity (Wildman–Crippen MR) is 79.9 cm³/mol. The molecule has 4 heteroatoms. The first-order valence-corrected chi connectivity index (χ1v) is 6.69. The van der Waals surface area contributed by atoms with Crippen LogP contribution in [-0.2, 0) is 11.2 Å². The van der Waals surface area contributed by atoms with Crippen molar-refractivity contribution in [2.45, 2.75) is 12.8 Å². The quantitative estimate of drug-likeness (QED) is 0.879. The Hall–Kier alpha value is -1.51. The summed E-state index contributed by atoms with van der Waals surface area (Å²) in [4.78, 5) is 11.8. The second-order valence-electron chi connectivity index (χ2n) is 4.15. The molecule has 0 saturated heterocycles. The Labute approximate surface area is 122 Å². The molecule has 0 saturated carbocycles. The fourth-order valence-electron chi connectivity index (χ4n) is 1.68. The van der Waals surface area contributed by atoms with E-state index in [1.807, 2.05) is 36.4 Å². The lowest BCUT2D eigenvalue weighted by Crippen LogP contribution is -2.12. The van der Waals surface area contributed by atoms with Crippen molar-refractivity contribution in [2.24, 2.45) is 0 Å². The van der Waals surface area contributed by atoms with Gasteiger partial charge in [-0.2, -0.15) is 0 Å². The van der Waals surface area contributed by atoms with E-state index >= 15 is 0 Å². The minimum atomic E-state index is -0.0527. The topological polar surface area (TPSA) is 29.1 Å². The van der Waals surface area contributed by atoms with Gasteiger partial charge < -0.3 is 5.32 Å². The van der Waals surface area contributed by atoms with Crippen LogP contribution >= 0.6 is 23.2 Å². The molecule has 98 valence electrons. The highest BCUT2D eigenvalue weighted by molar-refractivity contribution is 6.33. The zero-order valence-electron chi connectivity index (χ0n) is 10.2. The van der Waals surface area contributed by atoms with E-state index in [1.54, 1.807) is 12.1 Å². The van der Waals surface area contributed by atoms with E-state index in [0.717, 1.165) is 5.56 Å². The number of carbonyl (C=O) groups excluding carboxylic acids is 1. The summed E-state index contributed by atoms with van der Waals surface area (Å²) < 4.78 is 0. The fraction of sp³-hybridized carbons (Fsp3) is 0.133. The SMILES string of the molecule is O=C(CCc1ccc(Cl)cc1)Nc1ccccc1Cl. The molecule has 0 aromatic heterocycles. The van der Waals surface area contributed by atoms with Crippen LogP contribution in [0.5, 0.6) is 0 Å². The maximum atomic E-state index is 11.8. The number of nitrogens with one attached hydrogen (secondary N) is 1. The summed E-state index contributed by atoms with van der Waals surface area (Å²) in [6.45, 7) is 0. The first kappa shape index (κ1) is 13.9. The molecule has 0 radical (unpaired) electrons. The van der Waals surface area contributed by atoms with Crippen LogP contribution in [0.25, 0.3) is 0 Å². The van der Waals surface area contributed by atoms with Gasteiger partial charge in [0, 0.05) is 11.4 Å². The van der Waals surface area contributed by atoms with Gasteiger partial charge in [-0.1, -0.05) is 47.5 Å². The largest absolute Gasteiger partial charge is 0.325 e. The molecule has 2 nitrogen and oxygen atoms in total. The summed E-state index contributed by atoms with van der Waals surface area (Å²) in [7, 11) is 0. The van der Waals surface area contributed by atoms with Gasteiger partial charge in [0.05, 0.1) is 10.7 Å². The standard InChI is InChI=1S/C15H13Cl2NO/c16-12-8-5-11(6-9-12)7-10-15(19)18-14-4-2-1-3-13(14)17/h1-6,8-9H,7,10H2,(H,18,19). The number of anilines is 1. The van der Waals surface area contributed by atoms with Gasteiger partial charge in [-0.3, -0.25) is 4.79 Å². The second-order valence-corrected chi connectivity index (χ2v) is 5.00. The molecule has 1 amide bonds. The fourth-order valence-corrected chi connectivity index (χ4v) is 1.99. The van der Waals surface area contributed by atoms with E-state index in [2.05, 4.69) is 5.32 Å². The van der Waals surface area contributed by atoms with Crippen molar-refractivity contribution in [2.75, 3.05) is 5.32 Å². The van der Waals surface area contributed by atoms with Gasteiger partial charge in [0.15, 0.2) is 0 Å². The number of benzene rings is 2. The highest BCUT2D eigenvalue weighted by Crippen LogP contribution is 2.20. The van der Waals surface area contributed by atoms with Crippen LogP contribution in [0, 0.1) is 0 Å². The maximum Gasteiger partial charge on any atom is 0.224 e. The Bertz CT molecular complexity index is 567. The molecule has 0 fully saturated rings. The van der Waals surface area contributed by atoms with Crippen LogP contribution in [0.15, 0.2) is 48.5 Å². The molecule has 0 heterocycles. The third-order valence-corrected chi connectivity index (χ3v) is 3.28. The van der Waals surface area contributed by atoms with Crippen LogP contribution in [-0.4, -0.2) is 5.91 Å². The average molecular weight is 294 g/mol. The van der Waals surface area contributed by atoms with E-state index in [1.165, 1.54) is 0 Å². The summed E-state index contributed by atoms with van der Waals surface area (Å²) in [6, 6.07) is 14.7. The van der Waals surface area contributed by atoms with Gasteiger partial charge >= 0.3 is 0 Å². The third kappa shape index (κ3) is 4.27. The van der Waals surface area contributed by atoms with Gasteiger partial charge in [-0.15, -0.1) is 0 Å². The van der Waals surface area contributed by atoms with Gasteiger partial charge in [0.25, 0.3) is 0 Å². The normalized spacial score (nSPS) is 10.2. The van der Waals surface area contributed by atoms with Crippen molar-refractivity contribution in [1.82, 2.24) is 0 Å². The van der Waals surface area contributed by atoms with Crippen molar-refractivity contribution in [1.29, 1.82) is 0 Å². The van der Waals surface area contributed by atoms with Crippen LogP contribution in [0.2, 0.25) is 10.0 Å². The highest BCUT2D eigenvalue weighted by Gasteiger charge is 2.05. The molecule has 2 aromatic carbocycles. The predicted octanol–water partition coefficient (Wildman–Crippen LogP) is 4.56. The lowest BCUT2D eigenvalue weighted by atomic mass is 10.1. The first-order valence-electron chi connectivity index (χ1n) is 5.94. The molecule has 0 spiro atoms. The Morgan fingerprint density at radius 3 is 2.37 bits per heavy atom. The molecule has 0 unspecified atom stereocenters. The first-order chi connectivity index (χ1) is 9.15. The maximum absolute atomic E-state index is 11.8.